The Balaban J connectivity index is 1.70. The maximum atomic E-state index is 12.3. The van der Waals surface area contributed by atoms with Crippen LogP contribution in [0.15, 0.2) is 51.7 Å². The lowest BCUT2D eigenvalue weighted by Crippen LogP contribution is -2.02. The first kappa shape index (κ1) is 17.8. The van der Waals surface area contributed by atoms with Crippen molar-refractivity contribution in [2.75, 3.05) is 12.4 Å². The highest BCUT2D eigenvalue weighted by Crippen LogP contribution is 2.32. The molecule has 0 spiro atoms. The zero-order valence-corrected chi connectivity index (χ0v) is 16.2. The van der Waals surface area contributed by atoms with E-state index in [-0.39, 0.29) is 0 Å². The highest BCUT2D eigenvalue weighted by molar-refractivity contribution is 7.18. The summed E-state index contributed by atoms with van der Waals surface area (Å²) in [5.74, 6) is 0.666. The predicted molar refractivity (Wildman–Crippen MR) is 108 cm³/mol. The van der Waals surface area contributed by atoms with Gasteiger partial charge in [-0.3, -0.25) is 0 Å². The maximum Gasteiger partial charge on any atom is 0.346 e. The second-order valence-electron chi connectivity index (χ2n) is 5.51. The Kier molecular flexibility index (Phi) is 4.73. The van der Waals surface area contributed by atoms with Crippen LogP contribution in [0.3, 0.4) is 0 Å². The Hall–Kier alpha value is -2.61. The van der Waals surface area contributed by atoms with Crippen molar-refractivity contribution in [3.05, 3.63) is 62.9 Å². The van der Waals surface area contributed by atoms with Crippen LogP contribution < -0.4 is 15.7 Å². The smallest absolute Gasteiger partial charge is 0.346 e. The van der Waals surface area contributed by atoms with E-state index in [9.17, 15) is 4.79 Å². The summed E-state index contributed by atoms with van der Waals surface area (Å²) >= 11 is 13.3. The van der Waals surface area contributed by atoms with Crippen LogP contribution in [0.4, 0.5) is 10.8 Å². The molecule has 0 amide bonds. The van der Waals surface area contributed by atoms with E-state index < -0.39 is 5.63 Å². The standard InChI is InChI=1S/C18H11Cl2N3O3S/c1-25-11-3-5-15-9(6-11)7-12(17(24)26-15)16-22-23-18(27-16)21-14-4-2-10(19)8-13(14)20/h2-8H,1H3,(H,21,23). The van der Waals surface area contributed by atoms with Gasteiger partial charge in [-0.1, -0.05) is 34.5 Å². The van der Waals surface area contributed by atoms with Crippen molar-refractivity contribution >= 4 is 56.3 Å². The lowest BCUT2D eigenvalue weighted by molar-refractivity contribution is 0.415. The molecule has 4 aromatic rings. The SMILES string of the molecule is COc1ccc2oc(=O)c(-c3nnc(Nc4ccc(Cl)cc4Cl)s3)cc2c1. The number of anilines is 2. The molecule has 0 unspecified atom stereocenters. The number of benzene rings is 2. The van der Waals surface area contributed by atoms with Gasteiger partial charge in [-0.2, -0.15) is 0 Å². The third-order valence-electron chi connectivity index (χ3n) is 3.77. The van der Waals surface area contributed by atoms with Crippen molar-refractivity contribution < 1.29 is 9.15 Å². The van der Waals surface area contributed by atoms with Gasteiger partial charge in [-0.25, -0.2) is 4.79 Å². The molecule has 0 bridgehead atoms. The Morgan fingerprint density at radius 1 is 1.11 bits per heavy atom. The number of ether oxygens (including phenoxy) is 1. The van der Waals surface area contributed by atoms with E-state index in [2.05, 4.69) is 15.5 Å². The van der Waals surface area contributed by atoms with Crippen molar-refractivity contribution in [1.82, 2.24) is 10.2 Å². The zero-order chi connectivity index (χ0) is 19.0. The Morgan fingerprint density at radius 2 is 1.96 bits per heavy atom. The molecule has 6 nitrogen and oxygen atoms in total. The fourth-order valence-corrected chi connectivity index (χ4v) is 3.68. The highest BCUT2D eigenvalue weighted by atomic mass is 35.5. The van der Waals surface area contributed by atoms with E-state index in [1.807, 2.05) is 0 Å². The molecule has 2 aromatic heterocycles. The molecule has 1 N–H and O–H groups in total. The van der Waals surface area contributed by atoms with E-state index >= 15 is 0 Å². The quantitative estimate of drug-likeness (QED) is 0.448. The van der Waals surface area contributed by atoms with Gasteiger partial charge in [-0.15, -0.1) is 10.2 Å². The number of aromatic nitrogens is 2. The van der Waals surface area contributed by atoms with Gasteiger partial charge >= 0.3 is 5.63 Å². The number of nitrogens with one attached hydrogen (secondary N) is 1. The van der Waals surface area contributed by atoms with Crippen LogP contribution in [0, 0.1) is 0 Å². The second kappa shape index (κ2) is 7.19. The Morgan fingerprint density at radius 3 is 2.74 bits per heavy atom. The van der Waals surface area contributed by atoms with Gasteiger partial charge in [0.1, 0.15) is 11.3 Å². The van der Waals surface area contributed by atoms with Gasteiger partial charge in [0.2, 0.25) is 5.13 Å². The first-order valence-electron chi connectivity index (χ1n) is 7.71. The number of nitrogens with zero attached hydrogens (tertiary/aromatic N) is 2. The minimum Gasteiger partial charge on any atom is -0.497 e. The first-order valence-corrected chi connectivity index (χ1v) is 9.28. The minimum atomic E-state index is -0.486. The summed E-state index contributed by atoms with van der Waals surface area (Å²) in [6, 6.07) is 12.0. The molecular formula is C18H11Cl2N3O3S. The van der Waals surface area contributed by atoms with Crippen molar-refractivity contribution in [3.8, 4) is 16.3 Å². The molecule has 0 atom stereocenters. The van der Waals surface area contributed by atoms with Gasteiger partial charge in [-0.05, 0) is 42.5 Å². The third kappa shape index (κ3) is 3.62. The summed E-state index contributed by atoms with van der Waals surface area (Å²) in [5.41, 5.74) is 0.947. The van der Waals surface area contributed by atoms with Crippen LogP contribution in [-0.2, 0) is 0 Å². The van der Waals surface area contributed by atoms with Crippen LogP contribution >= 0.6 is 34.5 Å². The molecule has 2 aromatic carbocycles. The van der Waals surface area contributed by atoms with Crippen LogP contribution in [0.25, 0.3) is 21.5 Å². The van der Waals surface area contributed by atoms with Gasteiger partial charge < -0.3 is 14.5 Å². The fourth-order valence-electron chi connectivity index (χ4n) is 2.47. The highest BCUT2D eigenvalue weighted by Gasteiger charge is 2.14. The molecule has 2 heterocycles. The zero-order valence-electron chi connectivity index (χ0n) is 13.8. The first-order chi connectivity index (χ1) is 13.0. The van der Waals surface area contributed by atoms with E-state index in [1.54, 1.807) is 49.6 Å². The third-order valence-corrected chi connectivity index (χ3v) is 5.19. The molecule has 9 heteroatoms. The number of hydrogen-bond acceptors (Lipinski definition) is 7. The number of rotatable bonds is 4. The molecule has 4 rings (SSSR count). The molecule has 27 heavy (non-hydrogen) atoms. The van der Waals surface area contributed by atoms with Crippen LogP contribution in [-0.4, -0.2) is 17.3 Å². The van der Waals surface area contributed by atoms with Gasteiger partial charge in [0.15, 0.2) is 5.01 Å². The molecule has 0 radical (unpaired) electrons. The summed E-state index contributed by atoms with van der Waals surface area (Å²) < 4.78 is 10.6. The van der Waals surface area contributed by atoms with Gasteiger partial charge in [0, 0.05) is 10.4 Å². The molecular weight excluding hydrogens is 409 g/mol. The largest absolute Gasteiger partial charge is 0.497 e. The fraction of sp³-hybridized carbons (Fsp3) is 0.0556. The van der Waals surface area contributed by atoms with Gasteiger partial charge in [0.05, 0.1) is 23.4 Å². The van der Waals surface area contributed by atoms with E-state index in [1.165, 1.54) is 11.3 Å². The Bertz CT molecular complexity index is 1210. The predicted octanol–water partition coefficient (Wildman–Crippen LogP) is 5.37. The molecule has 0 aliphatic rings. The molecule has 0 fully saturated rings. The van der Waals surface area contributed by atoms with Crippen molar-refractivity contribution in [2.45, 2.75) is 0 Å². The minimum absolute atomic E-state index is 0.323. The molecule has 0 saturated carbocycles. The van der Waals surface area contributed by atoms with Crippen LogP contribution in [0.2, 0.25) is 10.0 Å². The molecule has 0 aliphatic carbocycles. The average Bonchev–Trinajstić information content (AvgIpc) is 3.11. The van der Waals surface area contributed by atoms with Gasteiger partial charge in [0.25, 0.3) is 0 Å². The number of halogens is 2. The summed E-state index contributed by atoms with van der Waals surface area (Å²) in [5, 5.41) is 13.9. The lowest BCUT2D eigenvalue weighted by atomic mass is 10.2. The molecule has 0 saturated heterocycles. The second-order valence-corrected chi connectivity index (χ2v) is 7.33. The summed E-state index contributed by atoms with van der Waals surface area (Å²) in [4.78, 5) is 12.3. The maximum absolute atomic E-state index is 12.3. The summed E-state index contributed by atoms with van der Waals surface area (Å²) in [6.45, 7) is 0. The summed E-state index contributed by atoms with van der Waals surface area (Å²) in [6.07, 6.45) is 0. The van der Waals surface area contributed by atoms with Crippen LogP contribution in [0.5, 0.6) is 5.75 Å². The van der Waals surface area contributed by atoms with Crippen LogP contribution in [0.1, 0.15) is 0 Å². The number of fused-ring (bicyclic) bond motifs is 1. The Labute approximate surface area is 167 Å². The van der Waals surface area contributed by atoms with E-state index in [0.717, 1.165) is 5.39 Å². The van der Waals surface area contributed by atoms with Crippen molar-refractivity contribution in [2.24, 2.45) is 0 Å². The average molecular weight is 420 g/mol. The normalized spacial score (nSPS) is 10.9. The van der Waals surface area contributed by atoms with Crippen molar-refractivity contribution in [1.29, 1.82) is 0 Å². The molecule has 136 valence electrons. The monoisotopic (exact) mass is 419 g/mol. The van der Waals surface area contributed by atoms with E-state index in [4.69, 9.17) is 32.4 Å². The summed E-state index contributed by atoms with van der Waals surface area (Å²) in [7, 11) is 1.58. The van der Waals surface area contributed by atoms with E-state index in [0.29, 0.717) is 42.8 Å². The number of methoxy groups -OCH3 is 1. The lowest BCUT2D eigenvalue weighted by Gasteiger charge is -2.04. The topological polar surface area (TPSA) is 77.2 Å². The van der Waals surface area contributed by atoms with Crippen molar-refractivity contribution in [3.63, 3.8) is 0 Å². The molecule has 0 aliphatic heterocycles. The number of hydrogen-bond donors (Lipinski definition) is 1.